The van der Waals surface area contributed by atoms with Crippen LogP contribution in [-0.4, -0.2) is 49.2 Å². The molecule has 1 aromatic rings. The van der Waals surface area contributed by atoms with Crippen LogP contribution in [0.5, 0.6) is 0 Å². The Hall–Kier alpha value is -1.58. The lowest BCUT2D eigenvalue weighted by Crippen LogP contribution is -2.35. The van der Waals surface area contributed by atoms with E-state index < -0.39 is 16.0 Å². The number of nitrogens with one attached hydrogen (secondary N) is 1. The van der Waals surface area contributed by atoms with Crippen LogP contribution in [0.1, 0.15) is 19.3 Å². The molecule has 1 aliphatic rings. The Morgan fingerprint density at radius 2 is 1.71 bits per heavy atom. The third kappa shape index (κ3) is 5.22. The van der Waals surface area contributed by atoms with Gasteiger partial charge >= 0.3 is 0 Å². The number of anilines is 1. The van der Waals surface area contributed by atoms with Crippen LogP contribution in [-0.2, 0) is 19.6 Å². The number of carbonyl (C=O) groups excluding carboxylic acids is 2. The van der Waals surface area contributed by atoms with Gasteiger partial charge in [0.25, 0.3) is 0 Å². The Bertz CT molecular complexity index is 682. The molecular weight excluding hydrogens is 352 g/mol. The average Bonchev–Trinajstić information content (AvgIpc) is 2.56. The number of amides is 1. The molecule has 1 amide bonds. The smallest absolute Gasteiger partial charge is 0.243 e. The zero-order chi connectivity index (χ0) is 17.6. The van der Waals surface area contributed by atoms with Crippen LogP contribution in [0.15, 0.2) is 29.2 Å². The van der Waals surface area contributed by atoms with Crippen LogP contribution >= 0.6 is 11.8 Å². The number of sulfonamides is 1. The fourth-order valence-corrected chi connectivity index (χ4v) is 4.43. The van der Waals surface area contributed by atoms with Crippen LogP contribution in [0.2, 0.25) is 0 Å². The number of carbonyl (C=O) groups is 2. The van der Waals surface area contributed by atoms with Crippen LogP contribution in [0.3, 0.4) is 0 Å². The Balaban J connectivity index is 1.94. The highest BCUT2D eigenvalue weighted by molar-refractivity contribution is 8.00. The predicted octanol–water partition coefficient (Wildman–Crippen LogP) is 0.283. The van der Waals surface area contributed by atoms with E-state index in [1.165, 1.54) is 28.6 Å². The van der Waals surface area contributed by atoms with Gasteiger partial charge in [-0.15, -0.1) is 11.8 Å². The first-order valence-electron chi connectivity index (χ1n) is 7.57. The molecule has 0 aromatic heterocycles. The van der Waals surface area contributed by atoms with E-state index >= 15 is 0 Å². The molecule has 7 nitrogen and oxygen atoms in total. The van der Waals surface area contributed by atoms with Gasteiger partial charge in [-0.1, -0.05) is 6.42 Å². The van der Waals surface area contributed by atoms with Gasteiger partial charge in [0.05, 0.1) is 16.6 Å². The standard InChI is InChI=1S/C15H20N2O5S2/c18-14(10-23-11-15(19)20)16-12-4-6-13(7-5-12)24(21,22)17-8-2-1-3-9-17/h4-7H,1-3,8-11H2,(H,16,18)(H,19,20)/p-1. The van der Waals surface area contributed by atoms with Crippen molar-refractivity contribution in [1.29, 1.82) is 0 Å². The molecule has 0 radical (unpaired) electrons. The molecule has 1 aromatic carbocycles. The van der Waals surface area contributed by atoms with E-state index in [0.29, 0.717) is 18.8 Å². The monoisotopic (exact) mass is 371 g/mol. The second kappa shape index (κ2) is 8.50. The minimum absolute atomic E-state index is 0.0121. The van der Waals surface area contributed by atoms with Crippen molar-refractivity contribution in [2.45, 2.75) is 24.2 Å². The maximum Gasteiger partial charge on any atom is 0.243 e. The van der Waals surface area contributed by atoms with Crippen molar-refractivity contribution in [3.63, 3.8) is 0 Å². The Labute approximate surface area is 145 Å². The summed E-state index contributed by atoms with van der Waals surface area (Å²) in [5.41, 5.74) is 0.464. The third-order valence-electron chi connectivity index (χ3n) is 3.54. The second-order valence-corrected chi connectivity index (χ2v) is 8.33. The van der Waals surface area contributed by atoms with Crippen molar-refractivity contribution in [2.24, 2.45) is 0 Å². The molecule has 1 aliphatic heterocycles. The van der Waals surface area contributed by atoms with E-state index in [-0.39, 0.29) is 22.3 Å². The minimum Gasteiger partial charge on any atom is -0.549 e. The normalized spacial score (nSPS) is 15.8. The Kier molecular flexibility index (Phi) is 6.64. The van der Waals surface area contributed by atoms with Crippen LogP contribution in [0, 0.1) is 0 Å². The fourth-order valence-electron chi connectivity index (χ4n) is 2.39. The molecule has 132 valence electrons. The van der Waals surface area contributed by atoms with Gasteiger partial charge in [0.1, 0.15) is 0 Å². The lowest BCUT2D eigenvalue weighted by Gasteiger charge is -2.25. The number of thioether (sulfide) groups is 1. The largest absolute Gasteiger partial charge is 0.549 e. The van der Waals surface area contributed by atoms with Gasteiger partial charge in [-0.05, 0) is 37.1 Å². The van der Waals surface area contributed by atoms with Gasteiger partial charge in [-0.3, -0.25) is 4.79 Å². The molecule has 0 saturated carbocycles. The van der Waals surface area contributed by atoms with Gasteiger partial charge < -0.3 is 15.2 Å². The lowest BCUT2D eigenvalue weighted by molar-refractivity contribution is -0.301. The van der Waals surface area contributed by atoms with E-state index in [4.69, 9.17) is 0 Å². The summed E-state index contributed by atoms with van der Waals surface area (Å²) in [6, 6.07) is 5.98. The molecule has 0 bridgehead atoms. The highest BCUT2D eigenvalue weighted by Gasteiger charge is 2.25. The molecule has 1 saturated heterocycles. The van der Waals surface area contributed by atoms with Gasteiger partial charge in [0, 0.05) is 24.5 Å². The Morgan fingerprint density at radius 1 is 1.08 bits per heavy atom. The predicted molar refractivity (Wildman–Crippen MR) is 90.0 cm³/mol. The topological polar surface area (TPSA) is 107 Å². The summed E-state index contributed by atoms with van der Waals surface area (Å²) in [5.74, 6) is -1.84. The molecule has 1 N–H and O–H groups in total. The van der Waals surface area contributed by atoms with Crippen LogP contribution in [0.25, 0.3) is 0 Å². The number of rotatable bonds is 7. The summed E-state index contributed by atoms with van der Waals surface area (Å²) < 4.78 is 26.5. The fraction of sp³-hybridized carbons (Fsp3) is 0.467. The molecule has 9 heteroatoms. The number of carboxylic acid groups (broad SMARTS) is 1. The van der Waals surface area contributed by atoms with Gasteiger partial charge in [0.15, 0.2) is 0 Å². The van der Waals surface area contributed by atoms with E-state index in [2.05, 4.69) is 5.32 Å². The van der Waals surface area contributed by atoms with Crippen molar-refractivity contribution in [3.8, 4) is 0 Å². The Morgan fingerprint density at radius 3 is 2.29 bits per heavy atom. The number of carboxylic acids is 1. The maximum absolute atomic E-state index is 12.5. The highest BCUT2D eigenvalue weighted by atomic mass is 32.2. The molecule has 0 spiro atoms. The first-order valence-corrected chi connectivity index (χ1v) is 10.2. The van der Waals surface area contributed by atoms with Crippen molar-refractivity contribution in [3.05, 3.63) is 24.3 Å². The molecular formula is C15H19N2O5S2-. The first-order chi connectivity index (χ1) is 11.4. The van der Waals surface area contributed by atoms with E-state index in [0.717, 1.165) is 31.0 Å². The quantitative estimate of drug-likeness (QED) is 0.738. The summed E-state index contributed by atoms with van der Waals surface area (Å²) >= 11 is 0.938. The molecule has 0 aliphatic carbocycles. The summed E-state index contributed by atoms with van der Waals surface area (Å²) in [5, 5.41) is 12.9. The minimum atomic E-state index is -3.49. The third-order valence-corrected chi connectivity index (χ3v) is 6.36. The summed E-state index contributed by atoms with van der Waals surface area (Å²) in [6.45, 7) is 1.08. The van der Waals surface area contributed by atoms with Crippen molar-refractivity contribution in [2.75, 3.05) is 29.9 Å². The highest BCUT2D eigenvalue weighted by Crippen LogP contribution is 2.22. The van der Waals surface area contributed by atoms with Gasteiger partial charge in [-0.25, -0.2) is 8.42 Å². The first kappa shape index (κ1) is 18.8. The van der Waals surface area contributed by atoms with Crippen LogP contribution < -0.4 is 10.4 Å². The lowest BCUT2D eigenvalue weighted by atomic mass is 10.2. The molecule has 0 unspecified atom stereocenters. The summed E-state index contributed by atoms with van der Waals surface area (Å²) in [7, 11) is -3.49. The number of benzene rings is 1. The van der Waals surface area contributed by atoms with Crippen molar-refractivity contribution < 1.29 is 23.1 Å². The summed E-state index contributed by atoms with van der Waals surface area (Å²) in [6.07, 6.45) is 2.79. The molecule has 1 fully saturated rings. The number of hydrogen-bond donors (Lipinski definition) is 1. The number of nitrogens with zero attached hydrogens (tertiary/aromatic N) is 1. The molecule has 2 rings (SSSR count). The van der Waals surface area contributed by atoms with Gasteiger partial charge in [-0.2, -0.15) is 4.31 Å². The molecule has 1 heterocycles. The zero-order valence-corrected chi connectivity index (χ0v) is 14.7. The average molecular weight is 371 g/mol. The van der Waals surface area contributed by atoms with Crippen LogP contribution in [0.4, 0.5) is 5.69 Å². The van der Waals surface area contributed by atoms with Gasteiger partial charge in [0.2, 0.25) is 15.9 Å². The number of piperidine rings is 1. The van der Waals surface area contributed by atoms with Crippen molar-refractivity contribution >= 4 is 39.3 Å². The SMILES string of the molecule is O=C([O-])CSCC(=O)Nc1ccc(S(=O)(=O)N2CCCCC2)cc1. The molecule has 0 atom stereocenters. The zero-order valence-electron chi connectivity index (χ0n) is 13.1. The number of aliphatic carboxylic acids is 1. The van der Waals surface area contributed by atoms with E-state index in [9.17, 15) is 23.1 Å². The number of hydrogen-bond acceptors (Lipinski definition) is 6. The van der Waals surface area contributed by atoms with Crippen molar-refractivity contribution in [1.82, 2.24) is 4.31 Å². The summed E-state index contributed by atoms with van der Waals surface area (Å²) in [4.78, 5) is 22.1. The maximum atomic E-state index is 12.5. The van der Waals surface area contributed by atoms with E-state index in [1.54, 1.807) is 0 Å². The molecule has 24 heavy (non-hydrogen) atoms. The van der Waals surface area contributed by atoms with E-state index in [1.807, 2.05) is 0 Å². The second-order valence-electron chi connectivity index (χ2n) is 5.40.